The molecule has 0 aliphatic carbocycles. The summed E-state index contributed by atoms with van der Waals surface area (Å²) < 4.78 is 12.8. The van der Waals surface area contributed by atoms with Crippen molar-refractivity contribution in [1.29, 1.82) is 0 Å². The normalized spacial score (nSPS) is 33.3. The van der Waals surface area contributed by atoms with Gasteiger partial charge in [-0.15, -0.1) is 6.58 Å². The average Bonchev–Trinajstić information content (AvgIpc) is 2.65. The molecule has 3 heteroatoms. The molecule has 0 aromatic heterocycles. The lowest BCUT2D eigenvalue weighted by Crippen LogP contribution is -2.45. The van der Waals surface area contributed by atoms with Gasteiger partial charge in [-0.2, -0.15) is 0 Å². The number of benzene rings is 1. The van der Waals surface area contributed by atoms with Crippen LogP contribution in [0.5, 0.6) is 0 Å². The fraction of sp³-hybridized carbons (Fsp3) is 0.467. The Balaban J connectivity index is 1.93. The molecule has 1 aromatic rings. The molecule has 2 aliphatic heterocycles. The predicted molar refractivity (Wildman–Crippen MR) is 74.6 cm³/mol. The molecule has 2 atom stereocenters. The van der Waals surface area contributed by atoms with Crippen LogP contribution in [0, 0.1) is 0 Å². The highest BCUT2D eigenvalue weighted by Crippen LogP contribution is 2.52. The third-order valence-corrected chi connectivity index (χ3v) is 7.81. The summed E-state index contributed by atoms with van der Waals surface area (Å²) in [5, 5.41) is 0. The number of rotatable bonds is 3. The molecule has 0 radical (unpaired) electrons. The monoisotopic (exact) mass is 260 g/mol. The van der Waals surface area contributed by atoms with E-state index < -0.39 is 8.56 Å². The van der Waals surface area contributed by atoms with Gasteiger partial charge in [-0.1, -0.05) is 36.4 Å². The standard InChI is InChI=1S/C15H20O2Si/c1-3-10-15(2)14(13-8-5-4-6-9-13)16-18(17-15)11-7-12-18/h3-6,8-9,14H,1,7,10-12H2,2H3/t14-,15-/m0/s1. The lowest BCUT2D eigenvalue weighted by atomic mass is 9.90. The summed E-state index contributed by atoms with van der Waals surface area (Å²) in [4.78, 5) is 0. The van der Waals surface area contributed by atoms with Crippen LogP contribution < -0.4 is 0 Å². The van der Waals surface area contributed by atoms with E-state index in [0.717, 1.165) is 18.5 Å². The second kappa shape index (κ2) is 4.33. The predicted octanol–water partition coefficient (Wildman–Crippen LogP) is 3.96. The van der Waals surface area contributed by atoms with Gasteiger partial charge in [0.2, 0.25) is 0 Å². The Hall–Kier alpha value is -0.903. The summed E-state index contributed by atoms with van der Waals surface area (Å²) in [6, 6.07) is 12.8. The number of hydrogen-bond donors (Lipinski definition) is 0. The Kier molecular flexibility index (Phi) is 2.92. The Morgan fingerprint density at radius 1 is 1.39 bits per heavy atom. The summed E-state index contributed by atoms with van der Waals surface area (Å²) >= 11 is 0. The molecular weight excluding hydrogens is 240 g/mol. The minimum atomic E-state index is -1.85. The highest BCUT2D eigenvalue weighted by atomic mass is 28.4. The third kappa shape index (κ3) is 1.87. The zero-order chi connectivity index (χ0) is 12.6. The van der Waals surface area contributed by atoms with Gasteiger partial charge in [0.15, 0.2) is 0 Å². The molecule has 3 rings (SSSR count). The van der Waals surface area contributed by atoms with Gasteiger partial charge in [0.25, 0.3) is 0 Å². The summed E-state index contributed by atoms with van der Waals surface area (Å²) in [5.74, 6) is 0. The number of hydrogen-bond acceptors (Lipinski definition) is 2. The van der Waals surface area contributed by atoms with E-state index >= 15 is 0 Å². The van der Waals surface area contributed by atoms with E-state index in [1.165, 1.54) is 12.0 Å². The van der Waals surface area contributed by atoms with Gasteiger partial charge in [0, 0.05) is 0 Å². The van der Waals surface area contributed by atoms with Crippen molar-refractivity contribution in [1.82, 2.24) is 0 Å². The van der Waals surface area contributed by atoms with Crippen LogP contribution in [0.25, 0.3) is 0 Å². The van der Waals surface area contributed by atoms with Crippen LogP contribution >= 0.6 is 0 Å². The van der Waals surface area contributed by atoms with Crippen LogP contribution in [0.3, 0.4) is 0 Å². The van der Waals surface area contributed by atoms with Gasteiger partial charge in [0.1, 0.15) is 6.10 Å². The molecule has 96 valence electrons. The second-order valence-electron chi connectivity index (χ2n) is 5.58. The first-order valence-electron chi connectivity index (χ1n) is 6.71. The Morgan fingerprint density at radius 2 is 2.11 bits per heavy atom. The molecule has 0 amide bonds. The van der Waals surface area contributed by atoms with Crippen molar-refractivity contribution < 1.29 is 8.85 Å². The second-order valence-corrected chi connectivity index (χ2v) is 8.84. The van der Waals surface area contributed by atoms with Crippen LogP contribution in [-0.2, 0) is 8.85 Å². The van der Waals surface area contributed by atoms with Crippen LogP contribution in [0.15, 0.2) is 43.0 Å². The molecule has 2 saturated heterocycles. The van der Waals surface area contributed by atoms with Crippen molar-refractivity contribution >= 4 is 8.56 Å². The minimum Gasteiger partial charge on any atom is -0.385 e. The van der Waals surface area contributed by atoms with E-state index in [2.05, 4.69) is 37.8 Å². The van der Waals surface area contributed by atoms with Crippen molar-refractivity contribution in [2.45, 2.75) is 43.6 Å². The zero-order valence-corrected chi connectivity index (χ0v) is 11.9. The van der Waals surface area contributed by atoms with Crippen molar-refractivity contribution in [3.8, 4) is 0 Å². The first-order chi connectivity index (χ1) is 8.68. The van der Waals surface area contributed by atoms with Crippen molar-refractivity contribution in [2.75, 3.05) is 0 Å². The lowest BCUT2D eigenvalue weighted by Gasteiger charge is -2.34. The summed E-state index contributed by atoms with van der Waals surface area (Å²) in [6.45, 7) is 6.04. The van der Waals surface area contributed by atoms with Gasteiger partial charge in [0.05, 0.1) is 5.60 Å². The first kappa shape index (κ1) is 12.1. The Bertz CT molecular complexity index is 441. The largest absolute Gasteiger partial charge is 0.385 e. The molecule has 0 unspecified atom stereocenters. The smallest absolute Gasteiger partial charge is 0.339 e. The fourth-order valence-electron chi connectivity index (χ4n) is 3.01. The van der Waals surface area contributed by atoms with Crippen LogP contribution in [-0.4, -0.2) is 14.2 Å². The van der Waals surface area contributed by atoms with Gasteiger partial charge < -0.3 is 8.85 Å². The van der Waals surface area contributed by atoms with Gasteiger partial charge in [-0.3, -0.25) is 0 Å². The fourth-order valence-corrected chi connectivity index (χ4v) is 6.29. The summed E-state index contributed by atoms with van der Waals surface area (Å²) in [6.07, 6.45) is 4.13. The highest BCUT2D eigenvalue weighted by Gasteiger charge is 2.59. The van der Waals surface area contributed by atoms with Crippen LogP contribution in [0.4, 0.5) is 0 Å². The van der Waals surface area contributed by atoms with Crippen molar-refractivity contribution in [3.05, 3.63) is 48.6 Å². The maximum Gasteiger partial charge on any atom is 0.339 e. The average molecular weight is 260 g/mol. The minimum absolute atomic E-state index is 0.0728. The molecule has 2 fully saturated rings. The molecule has 2 aliphatic rings. The molecule has 2 heterocycles. The zero-order valence-electron chi connectivity index (χ0n) is 10.9. The van der Waals surface area contributed by atoms with Crippen molar-refractivity contribution in [3.63, 3.8) is 0 Å². The molecule has 0 saturated carbocycles. The molecule has 1 spiro atoms. The van der Waals surface area contributed by atoms with Gasteiger partial charge >= 0.3 is 8.56 Å². The first-order valence-corrected chi connectivity index (χ1v) is 8.94. The highest BCUT2D eigenvalue weighted by molar-refractivity contribution is 6.70. The molecular formula is C15H20O2Si. The van der Waals surface area contributed by atoms with E-state index in [1.54, 1.807) is 0 Å². The van der Waals surface area contributed by atoms with E-state index in [9.17, 15) is 0 Å². The van der Waals surface area contributed by atoms with Crippen molar-refractivity contribution in [2.24, 2.45) is 0 Å². The molecule has 0 bridgehead atoms. The molecule has 1 aromatic carbocycles. The van der Waals surface area contributed by atoms with Gasteiger partial charge in [-0.05, 0) is 37.4 Å². The maximum absolute atomic E-state index is 6.43. The summed E-state index contributed by atoms with van der Waals surface area (Å²) in [5.41, 5.74) is 1.01. The lowest BCUT2D eigenvalue weighted by molar-refractivity contribution is 0.0554. The third-order valence-electron chi connectivity index (χ3n) is 4.07. The van der Waals surface area contributed by atoms with Crippen LogP contribution in [0.2, 0.25) is 12.1 Å². The summed E-state index contributed by atoms with van der Waals surface area (Å²) in [7, 11) is -1.85. The molecule has 0 N–H and O–H groups in total. The van der Waals surface area contributed by atoms with Gasteiger partial charge in [-0.25, -0.2) is 0 Å². The molecule has 18 heavy (non-hydrogen) atoms. The van der Waals surface area contributed by atoms with Crippen LogP contribution in [0.1, 0.15) is 31.4 Å². The Morgan fingerprint density at radius 3 is 2.67 bits per heavy atom. The van der Waals surface area contributed by atoms with E-state index in [-0.39, 0.29) is 11.7 Å². The Labute approximate surface area is 110 Å². The molecule has 2 nitrogen and oxygen atoms in total. The topological polar surface area (TPSA) is 18.5 Å². The van der Waals surface area contributed by atoms with E-state index in [1.807, 2.05) is 12.1 Å². The van der Waals surface area contributed by atoms with E-state index in [4.69, 9.17) is 8.85 Å². The maximum atomic E-state index is 6.43. The van der Waals surface area contributed by atoms with E-state index in [0.29, 0.717) is 0 Å². The SMILES string of the molecule is C=CC[C@]1(C)O[Si]2(CCC2)O[C@H]1c1ccccc1. The quantitative estimate of drug-likeness (QED) is 0.605.